The van der Waals surface area contributed by atoms with Crippen molar-refractivity contribution < 1.29 is 0 Å². The van der Waals surface area contributed by atoms with E-state index >= 15 is 0 Å². The Morgan fingerprint density at radius 2 is 2.07 bits per heavy atom. The third-order valence-electron chi connectivity index (χ3n) is 3.45. The van der Waals surface area contributed by atoms with Crippen LogP contribution in [0.2, 0.25) is 5.54 Å². The van der Waals surface area contributed by atoms with E-state index in [2.05, 4.69) is 34.5 Å². The van der Waals surface area contributed by atoms with Gasteiger partial charge in [0.15, 0.2) is 0 Å². The third kappa shape index (κ3) is 1.12. The second kappa shape index (κ2) is 3.09. The number of hydrogen-bond donors (Lipinski definition) is 0. The van der Waals surface area contributed by atoms with Crippen molar-refractivity contribution in [2.24, 2.45) is 0 Å². The van der Waals surface area contributed by atoms with Gasteiger partial charge in [-0.25, -0.2) is 0 Å². The van der Waals surface area contributed by atoms with E-state index in [9.17, 15) is 0 Å². The lowest BCUT2D eigenvalue weighted by molar-refractivity contribution is 0.709. The van der Waals surface area contributed by atoms with Crippen molar-refractivity contribution in [2.75, 3.05) is 0 Å². The summed E-state index contributed by atoms with van der Waals surface area (Å²) in [7, 11) is 3.85. The second-order valence-electron chi connectivity index (χ2n) is 4.28. The highest BCUT2D eigenvalue weighted by molar-refractivity contribution is 6.15. The van der Waals surface area contributed by atoms with Crippen LogP contribution in [0.15, 0.2) is 29.8 Å². The van der Waals surface area contributed by atoms with E-state index in [1.54, 1.807) is 11.1 Å². The highest BCUT2D eigenvalue weighted by Crippen LogP contribution is 2.45. The number of fused-ring (bicyclic) bond motifs is 2. The van der Waals surface area contributed by atoms with Gasteiger partial charge in [0.25, 0.3) is 0 Å². The summed E-state index contributed by atoms with van der Waals surface area (Å²) in [6.07, 6.45) is 5.11. The van der Waals surface area contributed by atoms with Crippen LogP contribution in [0.4, 0.5) is 0 Å². The molecular weight excluding hydrogens is 184 g/mol. The summed E-state index contributed by atoms with van der Waals surface area (Å²) >= 11 is 0. The molecule has 0 bridgehead atoms. The molecule has 3 rings (SSSR count). The minimum atomic E-state index is 0.631. The van der Waals surface area contributed by atoms with Crippen LogP contribution in [0, 0.1) is 0 Å². The summed E-state index contributed by atoms with van der Waals surface area (Å²) < 4.78 is 0. The van der Waals surface area contributed by atoms with Gasteiger partial charge in [0, 0.05) is 10.2 Å². The summed E-state index contributed by atoms with van der Waals surface area (Å²) in [5.74, 6) is 0. The molecule has 0 spiro atoms. The van der Waals surface area contributed by atoms with E-state index in [4.69, 9.17) is 0 Å². The molecule has 2 aliphatic carbocycles. The van der Waals surface area contributed by atoms with Crippen molar-refractivity contribution in [3.63, 3.8) is 0 Å². The Morgan fingerprint density at radius 1 is 1.21 bits per heavy atom. The molecular formula is C13H13Si. The van der Waals surface area contributed by atoms with Crippen LogP contribution in [-0.2, 0) is 6.42 Å². The van der Waals surface area contributed by atoms with Gasteiger partial charge >= 0.3 is 0 Å². The van der Waals surface area contributed by atoms with Crippen LogP contribution in [0.1, 0.15) is 30.4 Å². The van der Waals surface area contributed by atoms with Gasteiger partial charge in [-0.1, -0.05) is 29.8 Å². The zero-order chi connectivity index (χ0) is 9.54. The predicted octanol–water partition coefficient (Wildman–Crippen LogP) is 3.14. The van der Waals surface area contributed by atoms with E-state index < -0.39 is 0 Å². The highest BCUT2D eigenvalue weighted by Gasteiger charge is 2.26. The molecule has 1 aromatic carbocycles. The predicted molar refractivity (Wildman–Crippen MR) is 60.4 cm³/mol. The van der Waals surface area contributed by atoms with Gasteiger partial charge in [0.05, 0.1) is 0 Å². The van der Waals surface area contributed by atoms with Gasteiger partial charge in [-0.05, 0) is 47.9 Å². The first kappa shape index (κ1) is 8.48. The largest absolute Gasteiger partial charge is 0.0623 e. The number of hydrogen-bond acceptors (Lipinski definition) is 0. The molecule has 14 heavy (non-hydrogen) atoms. The lowest BCUT2D eigenvalue weighted by Crippen LogP contribution is -2.04. The van der Waals surface area contributed by atoms with Gasteiger partial charge in [0.1, 0.15) is 0 Å². The lowest BCUT2D eigenvalue weighted by Gasteiger charge is -2.21. The molecule has 69 valence electrons. The molecule has 1 heteroatoms. The minimum Gasteiger partial charge on any atom is -0.0623 e. The van der Waals surface area contributed by atoms with Crippen molar-refractivity contribution in [1.82, 2.24) is 0 Å². The van der Waals surface area contributed by atoms with Crippen LogP contribution >= 0.6 is 0 Å². The molecule has 1 unspecified atom stereocenters. The maximum Gasteiger partial charge on any atom is 0.0327 e. The lowest BCUT2D eigenvalue weighted by atomic mass is 9.91. The van der Waals surface area contributed by atoms with Crippen molar-refractivity contribution in [1.29, 1.82) is 0 Å². The van der Waals surface area contributed by atoms with Crippen LogP contribution in [0.5, 0.6) is 0 Å². The summed E-state index contributed by atoms with van der Waals surface area (Å²) in [6.45, 7) is 0. The van der Waals surface area contributed by atoms with Crippen molar-refractivity contribution in [3.05, 3.63) is 41.0 Å². The standard InChI is InChI=1S/C13H13Si/c14-13-7-3-6-11-10-5-2-1-4-9(10)8-12(11)13/h1-2,4-5,13H,3,6-8H2. The van der Waals surface area contributed by atoms with Gasteiger partial charge < -0.3 is 0 Å². The number of rotatable bonds is 0. The van der Waals surface area contributed by atoms with E-state index in [1.165, 1.54) is 36.8 Å². The molecule has 0 amide bonds. The fourth-order valence-corrected chi connectivity index (χ4v) is 3.22. The van der Waals surface area contributed by atoms with E-state index in [1.807, 2.05) is 0 Å². The van der Waals surface area contributed by atoms with Crippen LogP contribution < -0.4 is 0 Å². The van der Waals surface area contributed by atoms with Crippen molar-refractivity contribution in [3.8, 4) is 0 Å². The quantitative estimate of drug-likeness (QED) is 0.561. The fraction of sp³-hybridized carbons (Fsp3) is 0.385. The SMILES string of the molecule is [Si]C1CCCC2=C1Cc1ccccc12. The zero-order valence-corrected chi connectivity index (χ0v) is 9.22. The highest BCUT2D eigenvalue weighted by atomic mass is 28.1. The van der Waals surface area contributed by atoms with Crippen molar-refractivity contribution >= 4 is 15.8 Å². The molecule has 1 aromatic rings. The molecule has 0 heterocycles. The third-order valence-corrected chi connectivity index (χ3v) is 4.09. The van der Waals surface area contributed by atoms with Crippen LogP contribution in [0.25, 0.3) is 5.57 Å². The summed E-state index contributed by atoms with van der Waals surface area (Å²) in [4.78, 5) is 0. The molecule has 0 nitrogen and oxygen atoms in total. The first-order valence-corrected chi connectivity index (χ1v) is 5.95. The summed E-state index contributed by atoms with van der Waals surface area (Å²) in [6, 6.07) is 8.86. The molecule has 1 atom stereocenters. The van der Waals surface area contributed by atoms with Crippen molar-refractivity contribution in [2.45, 2.75) is 31.2 Å². The fourth-order valence-electron chi connectivity index (χ4n) is 2.74. The van der Waals surface area contributed by atoms with Gasteiger partial charge in [-0.2, -0.15) is 0 Å². The molecule has 0 saturated carbocycles. The maximum atomic E-state index is 3.85. The van der Waals surface area contributed by atoms with E-state index in [0.717, 1.165) is 0 Å². The smallest absolute Gasteiger partial charge is 0.0327 e. The Kier molecular flexibility index (Phi) is 1.87. The molecule has 0 aromatic heterocycles. The van der Waals surface area contributed by atoms with Gasteiger partial charge in [-0.15, -0.1) is 0 Å². The van der Waals surface area contributed by atoms with Crippen LogP contribution in [0.3, 0.4) is 0 Å². The summed E-state index contributed by atoms with van der Waals surface area (Å²) in [5, 5.41) is 0. The average molecular weight is 197 g/mol. The second-order valence-corrected chi connectivity index (χ2v) is 4.98. The molecule has 2 aliphatic rings. The number of benzene rings is 1. The molecule has 3 radical (unpaired) electrons. The first-order valence-electron chi connectivity index (χ1n) is 5.37. The Bertz CT molecular complexity index is 403. The Labute approximate surface area is 88.5 Å². The molecule has 0 N–H and O–H groups in total. The van der Waals surface area contributed by atoms with E-state index in [-0.39, 0.29) is 0 Å². The zero-order valence-electron chi connectivity index (χ0n) is 8.22. The van der Waals surface area contributed by atoms with Crippen LogP contribution in [-0.4, -0.2) is 10.2 Å². The Hall–Kier alpha value is -0.823. The van der Waals surface area contributed by atoms with Gasteiger partial charge in [0.2, 0.25) is 0 Å². The topological polar surface area (TPSA) is 0 Å². The molecule has 0 aliphatic heterocycles. The minimum absolute atomic E-state index is 0.631. The van der Waals surface area contributed by atoms with E-state index in [0.29, 0.717) is 5.54 Å². The first-order chi connectivity index (χ1) is 6.86. The number of allylic oxidation sites excluding steroid dienone is 2. The monoisotopic (exact) mass is 197 g/mol. The average Bonchev–Trinajstić information content (AvgIpc) is 2.59. The molecule has 0 fully saturated rings. The van der Waals surface area contributed by atoms with Gasteiger partial charge in [-0.3, -0.25) is 0 Å². The summed E-state index contributed by atoms with van der Waals surface area (Å²) in [5.41, 5.74) is 6.96. The Morgan fingerprint density at radius 3 is 3.00 bits per heavy atom. The Balaban J connectivity index is 2.12. The normalized spacial score (nSPS) is 24.8. The molecule has 0 saturated heterocycles. The maximum absolute atomic E-state index is 3.85.